The molecule has 0 aliphatic carbocycles. The van der Waals surface area contributed by atoms with Crippen LogP contribution in [-0.2, 0) is 4.74 Å². The molecule has 1 fully saturated rings. The molecule has 62 valence electrons. The molecular weight excluding hydrogens is 138 g/mol. The number of nitriles is 1. The van der Waals surface area contributed by atoms with E-state index in [9.17, 15) is 0 Å². The Labute approximate surface area is 68.2 Å². The average Bonchev–Trinajstić information content (AvgIpc) is 2.06. The third kappa shape index (κ3) is 2.51. The van der Waals surface area contributed by atoms with Crippen LogP contribution in [0.5, 0.6) is 0 Å². The van der Waals surface area contributed by atoms with Crippen LogP contribution in [-0.4, -0.2) is 12.7 Å². The first-order valence-electron chi connectivity index (χ1n) is 4.38. The van der Waals surface area contributed by atoms with Crippen LogP contribution >= 0.6 is 0 Å². The summed E-state index contributed by atoms with van der Waals surface area (Å²) in [5, 5.41) is 8.67. The fraction of sp³-hybridized carbons (Fsp3) is 0.889. The van der Waals surface area contributed by atoms with Crippen molar-refractivity contribution in [2.24, 2.45) is 5.92 Å². The summed E-state index contributed by atoms with van der Waals surface area (Å²) in [7, 11) is 0. The van der Waals surface area contributed by atoms with Crippen molar-refractivity contribution in [3.63, 3.8) is 0 Å². The molecule has 1 rings (SSSR count). The largest absolute Gasteiger partial charge is 0.378 e. The van der Waals surface area contributed by atoms with Crippen LogP contribution < -0.4 is 0 Å². The molecule has 2 unspecified atom stereocenters. The Kier molecular flexibility index (Phi) is 3.38. The lowest BCUT2D eigenvalue weighted by atomic mass is 9.95. The number of rotatable bonds is 2. The molecule has 0 spiro atoms. The van der Waals surface area contributed by atoms with Crippen LogP contribution in [0.15, 0.2) is 0 Å². The zero-order chi connectivity index (χ0) is 8.10. The third-order valence-corrected chi connectivity index (χ3v) is 2.16. The smallest absolute Gasteiger partial charge is 0.0657 e. The summed E-state index contributed by atoms with van der Waals surface area (Å²) in [6, 6.07) is 2.31. The van der Waals surface area contributed by atoms with Crippen molar-refractivity contribution in [1.82, 2.24) is 0 Å². The van der Waals surface area contributed by atoms with Gasteiger partial charge in [0.1, 0.15) is 0 Å². The molecule has 0 saturated carbocycles. The van der Waals surface area contributed by atoms with E-state index in [0.29, 0.717) is 6.10 Å². The van der Waals surface area contributed by atoms with Crippen LogP contribution in [0, 0.1) is 17.2 Å². The maximum Gasteiger partial charge on any atom is 0.0657 e. The molecular formula is C9H15NO. The molecule has 0 aromatic carbocycles. The highest BCUT2D eigenvalue weighted by Crippen LogP contribution is 2.21. The molecule has 1 aliphatic heterocycles. The van der Waals surface area contributed by atoms with E-state index in [1.54, 1.807) is 0 Å². The molecule has 1 heterocycles. The van der Waals surface area contributed by atoms with Crippen molar-refractivity contribution in [2.75, 3.05) is 6.61 Å². The van der Waals surface area contributed by atoms with Gasteiger partial charge in [0.25, 0.3) is 0 Å². The van der Waals surface area contributed by atoms with E-state index in [1.165, 1.54) is 0 Å². The molecule has 0 N–H and O–H groups in total. The van der Waals surface area contributed by atoms with E-state index < -0.39 is 0 Å². The maximum absolute atomic E-state index is 8.67. The first-order chi connectivity index (χ1) is 5.36. The van der Waals surface area contributed by atoms with E-state index in [-0.39, 0.29) is 5.92 Å². The van der Waals surface area contributed by atoms with E-state index >= 15 is 0 Å². The minimum Gasteiger partial charge on any atom is -0.378 e. The fourth-order valence-corrected chi connectivity index (χ4v) is 1.52. The molecule has 0 aromatic heterocycles. The van der Waals surface area contributed by atoms with Crippen molar-refractivity contribution >= 4 is 0 Å². The second kappa shape index (κ2) is 4.35. The zero-order valence-corrected chi connectivity index (χ0v) is 7.05. The van der Waals surface area contributed by atoms with Gasteiger partial charge in [0.2, 0.25) is 0 Å². The van der Waals surface area contributed by atoms with E-state index in [4.69, 9.17) is 10.00 Å². The highest BCUT2D eigenvalue weighted by atomic mass is 16.5. The Balaban J connectivity index is 2.29. The molecule has 2 atom stereocenters. The normalized spacial score (nSPS) is 31.3. The van der Waals surface area contributed by atoms with Crippen molar-refractivity contribution in [3.05, 3.63) is 0 Å². The highest BCUT2D eigenvalue weighted by Gasteiger charge is 2.20. The topological polar surface area (TPSA) is 33.0 Å². The molecule has 0 amide bonds. The first kappa shape index (κ1) is 8.55. The quantitative estimate of drug-likeness (QED) is 0.608. The van der Waals surface area contributed by atoms with Gasteiger partial charge in [-0.05, 0) is 19.3 Å². The Hall–Kier alpha value is -0.550. The van der Waals surface area contributed by atoms with Crippen LogP contribution in [0.3, 0.4) is 0 Å². The Morgan fingerprint density at radius 1 is 1.64 bits per heavy atom. The summed E-state index contributed by atoms with van der Waals surface area (Å²) in [6.45, 7) is 2.93. The van der Waals surface area contributed by atoms with Crippen LogP contribution in [0.1, 0.15) is 32.6 Å². The lowest BCUT2D eigenvalue weighted by Crippen LogP contribution is -2.24. The monoisotopic (exact) mass is 153 g/mol. The summed E-state index contributed by atoms with van der Waals surface area (Å²) < 4.78 is 5.50. The minimum absolute atomic E-state index is 0.250. The molecule has 1 saturated heterocycles. The number of ether oxygens (including phenoxy) is 1. The summed E-state index contributed by atoms with van der Waals surface area (Å²) in [6.07, 6.45) is 4.50. The summed E-state index contributed by atoms with van der Waals surface area (Å²) in [5.74, 6) is 0.250. The van der Waals surface area contributed by atoms with Gasteiger partial charge in [0.05, 0.1) is 18.1 Å². The van der Waals surface area contributed by atoms with Crippen molar-refractivity contribution in [2.45, 2.75) is 38.7 Å². The van der Waals surface area contributed by atoms with Crippen molar-refractivity contribution < 1.29 is 4.74 Å². The molecule has 1 aliphatic rings. The van der Waals surface area contributed by atoms with Gasteiger partial charge in [-0.15, -0.1) is 0 Å². The Morgan fingerprint density at radius 3 is 3.09 bits per heavy atom. The van der Waals surface area contributed by atoms with Gasteiger partial charge in [0.15, 0.2) is 0 Å². The van der Waals surface area contributed by atoms with Crippen LogP contribution in [0.2, 0.25) is 0 Å². The highest BCUT2D eigenvalue weighted by molar-refractivity contribution is 4.87. The van der Waals surface area contributed by atoms with Crippen LogP contribution in [0.4, 0.5) is 0 Å². The molecule has 2 nitrogen and oxygen atoms in total. The predicted molar refractivity (Wildman–Crippen MR) is 43.0 cm³/mol. The molecule has 11 heavy (non-hydrogen) atoms. The zero-order valence-electron chi connectivity index (χ0n) is 7.05. The standard InChI is InChI=1S/C9H15NO/c1-2-3-9-6-8(7-10)4-5-11-9/h8-9H,2-6H2,1H3. The maximum atomic E-state index is 8.67. The lowest BCUT2D eigenvalue weighted by Gasteiger charge is -2.25. The Morgan fingerprint density at radius 2 is 2.45 bits per heavy atom. The van der Waals surface area contributed by atoms with Gasteiger partial charge in [-0.1, -0.05) is 13.3 Å². The lowest BCUT2D eigenvalue weighted by molar-refractivity contribution is -0.00276. The second-order valence-electron chi connectivity index (χ2n) is 3.13. The van der Waals surface area contributed by atoms with Gasteiger partial charge in [0, 0.05) is 6.61 Å². The SMILES string of the molecule is CCCC1CC(C#N)CCO1. The van der Waals surface area contributed by atoms with E-state index in [1.807, 2.05) is 0 Å². The van der Waals surface area contributed by atoms with Gasteiger partial charge in [-0.3, -0.25) is 0 Å². The molecule has 0 aromatic rings. The second-order valence-corrected chi connectivity index (χ2v) is 3.13. The summed E-state index contributed by atoms with van der Waals surface area (Å²) in [5.41, 5.74) is 0. The van der Waals surface area contributed by atoms with Gasteiger partial charge < -0.3 is 4.74 Å². The number of nitrogens with zero attached hydrogens (tertiary/aromatic N) is 1. The number of hydrogen-bond acceptors (Lipinski definition) is 2. The van der Waals surface area contributed by atoms with Gasteiger partial charge >= 0.3 is 0 Å². The third-order valence-electron chi connectivity index (χ3n) is 2.16. The molecule has 0 bridgehead atoms. The Bertz CT molecular complexity index is 148. The molecule has 0 radical (unpaired) electrons. The fourth-order valence-electron chi connectivity index (χ4n) is 1.52. The van der Waals surface area contributed by atoms with Gasteiger partial charge in [-0.25, -0.2) is 0 Å². The number of hydrogen-bond donors (Lipinski definition) is 0. The minimum atomic E-state index is 0.250. The van der Waals surface area contributed by atoms with E-state index in [0.717, 1.165) is 32.3 Å². The summed E-state index contributed by atoms with van der Waals surface area (Å²) in [4.78, 5) is 0. The average molecular weight is 153 g/mol. The van der Waals surface area contributed by atoms with E-state index in [2.05, 4.69) is 13.0 Å². The van der Waals surface area contributed by atoms with Gasteiger partial charge in [-0.2, -0.15) is 5.26 Å². The van der Waals surface area contributed by atoms with Crippen molar-refractivity contribution in [1.29, 1.82) is 5.26 Å². The predicted octanol–water partition coefficient (Wildman–Crippen LogP) is 2.11. The van der Waals surface area contributed by atoms with Crippen LogP contribution in [0.25, 0.3) is 0 Å². The van der Waals surface area contributed by atoms with Crippen molar-refractivity contribution in [3.8, 4) is 6.07 Å². The first-order valence-corrected chi connectivity index (χ1v) is 4.38. The summed E-state index contributed by atoms with van der Waals surface area (Å²) >= 11 is 0. The molecule has 2 heteroatoms.